The van der Waals surface area contributed by atoms with E-state index in [1.165, 1.54) is 11.1 Å². The van der Waals surface area contributed by atoms with Crippen molar-refractivity contribution in [2.45, 2.75) is 25.9 Å². The molecule has 2 saturated heterocycles. The van der Waals surface area contributed by atoms with E-state index in [4.69, 9.17) is 9.15 Å². The van der Waals surface area contributed by atoms with Gasteiger partial charge in [0.05, 0.1) is 12.9 Å². The quantitative estimate of drug-likeness (QED) is 0.493. The molecule has 3 aromatic rings. The molecule has 5 rings (SSSR count). The first kappa shape index (κ1) is 23.6. The summed E-state index contributed by atoms with van der Waals surface area (Å²) in [7, 11) is 0. The Morgan fingerprint density at radius 1 is 0.943 bits per heavy atom. The normalized spacial score (nSPS) is 19.5. The molecule has 2 fully saturated rings. The molecule has 0 bridgehead atoms. The average Bonchev–Trinajstić information content (AvgIpc) is 3.45. The minimum Gasteiger partial charge on any atom is -0.493 e. The fourth-order valence-corrected chi connectivity index (χ4v) is 4.96. The van der Waals surface area contributed by atoms with E-state index in [1.54, 1.807) is 18.4 Å². The number of piperazine rings is 1. The van der Waals surface area contributed by atoms with E-state index in [9.17, 15) is 4.79 Å². The highest BCUT2D eigenvalue weighted by Crippen LogP contribution is 2.21. The van der Waals surface area contributed by atoms with Crippen LogP contribution in [0.5, 0.6) is 5.75 Å². The minimum absolute atomic E-state index is 0.0260. The van der Waals surface area contributed by atoms with Crippen LogP contribution in [0.2, 0.25) is 0 Å². The van der Waals surface area contributed by atoms with E-state index in [0.29, 0.717) is 24.8 Å². The third-order valence-corrected chi connectivity index (χ3v) is 6.95. The second kappa shape index (κ2) is 11.5. The van der Waals surface area contributed by atoms with Crippen molar-refractivity contribution < 1.29 is 13.9 Å². The number of ether oxygens (including phenoxy) is 1. The highest BCUT2D eigenvalue weighted by atomic mass is 16.5. The lowest BCUT2D eigenvalue weighted by Gasteiger charge is -2.34. The molecular formula is C28H34N4O3. The maximum absolute atomic E-state index is 12.6. The van der Waals surface area contributed by atoms with Gasteiger partial charge in [-0.25, -0.2) is 0 Å². The van der Waals surface area contributed by atoms with Crippen LogP contribution >= 0.6 is 0 Å². The van der Waals surface area contributed by atoms with Crippen molar-refractivity contribution >= 4 is 5.91 Å². The summed E-state index contributed by atoms with van der Waals surface area (Å²) in [5, 5.41) is 0. The summed E-state index contributed by atoms with van der Waals surface area (Å²) in [4.78, 5) is 23.7. The molecule has 7 nitrogen and oxygen atoms in total. The second-order valence-electron chi connectivity index (χ2n) is 9.61. The SMILES string of the molecule is O=C(c1ccco1)N1CCCC(COc2ccc(CN3CCN(Cc4cccnc4)CC3)cc2)C1. The predicted octanol–water partition coefficient (Wildman–Crippen LogP) is 3.92. The first-order valence-corrected chi connectivity index (χ1v) is 12.6. The number of nitrogens with zero attached hydrogens (tertiary/aromatic N) is 4. The number of likely N-dealkylation sites (tertiary alicyclic amines) is 1. The molecule has 7 heteroatoms. The van der Waals surface area contributed by atoms with E-state index in [-0.39, 0.29) is 5.91 Å². The minimum atomic E-state index is -0.0260. The maximum Gasteiger partial charge on any atom is 0.289 e. The van der Waals surface area contributed by atoms with Gasteiger partial charge in [0.15, 0.2) is 5.76 Å². The number of benzene rings is 1. The van der Waals surface area contributed by atoms with E-state index in [1.807, 2.05) is 23.4 Å². The molecule has 1 atom stereocenters. The Labute approximate surface area is 207 Å². The van der Waals surface area contributed by atoms with Crippen LogP contribution in [0, 0.1) is 5.92 Å². The molecule has 0 N–H and O–H groups in total. The van der Waals surface area contributed by atoms with Gasteiger partial charge in [-0.15, -0.1) is 0 Å². The van der Waals surface area contributed by atoms with Gasteiger partial charge in [-0.1, -0.05) is 18.2 Å². The molecule has 4 heterocycles. The molecule has 1 aromatic carbocycles. The Balaban J connectivity index is 1.04. The van der Waals surface area contributed by atoms with Crippen LogP contribution < -0.4 is 4.74 Å². The van der Waals surface area contributed by atoms with Gasteiger partial charge in [0.25, 0.3) is 5.91 Å². The Morgan fingerprint density at radius 2 is 1.71 bits per heavy atom. The molecule has 1 amide bonds. The molecule has 184 valence electrons. The lowest BCUT2D eigenvalue weighted by atomic mass is 9.98. The number of carbonyl (C=O) groups is 1. The van der Waals surface area contributed by atoms with E-state index >= 15 is 0 Å². The lowest BCUT2D eigenvalue weighted by Crippen LogP contribution is -2.45. The number of hydrogen-bond acceptors (Lipinski definition) is 6. The number of carbonyl (C=O) groups excluding carboxylic acids is 1. The molecule has 2 aliphatic rings. The zero-order valence-electron chi connectivity index (χ0n) is 20.2. The number of amides is 1. The van der Waals surface area contributed by atoms with Crippen LogP contribution in [0.1, 0.15) is 34.5 Å². The third kappa shape index (κ3) is 6.50. The first-order chi connectivity index (χ1) is 17.2. The largest absolute Gasteiger partial charge is 0.493 e. The monoisotopic (exact) mass is 474 g/mol. The zero-order valence-corrected chi connectivity index (χ0v) is 20.2. The standard InChI is InChI=1S/C28H34N4O3/c33-28(27-6-3-17-34-27)32-12-2-5-25(21-32)22-35-26-9-7-23(8-10-26)19-30-13-15-31(16-14-30)20-24-4-1-11-29-18-24/h1,3-4,6-11,17-18,25H,2,5,12-16,19-22H2. The van der Waals surface area contributed by atoms with Gasteiger partial charge in [-0.2, -0.15) is 0 Å². The summed E-state index contributed by atoms with van der Waals surface area (Å²) < 4.78 is 11.4. The van der Waals surface area contributed by atoms with Gasteiger partial charge in [-0.05, 0) is 54.3 Å². The molecule has 2 aromatic heterocycles. The van der Waals surface area contributed by atoms with Crippen molar-refractivity contribution in [3.8, 4) is 5.75 Å². The molecule has 35 heavy (non-hydrogen) atoms. The van der Waals surface area contributed by atoms with Gasteiger partial charge in [-0.3, -0.25) is 19.6 Å². The maximum atomic E-state index is 12.6. The summed E-state index contributed by atoms with van der Waals surface area (Å²) in [5.41, 5.74) is 2.59. The summed E-state index contributed by atoms with van der Waals surface area (Å²) in [6.07, 6.45) is 7.40. The number of furan rings is 1. The number of pyridine rings is 1. The fourth-order valence-electron chi connectivity index (χ4n) is 4.96. The molecule has 0 radical (unpaired) electrons. The van der Waals surface area contributed by atoms with Crippen LogP contribution in [-0.4, -0.2) is 71.5 Å². The Hall–Kier alpha value is -3.16. The van der Waals surface area contributed by atoms with Crippen LogP contribution in [0.4, 0.5) is 0 Å². The molecular weight excluding hydrogens is 440 g/mol. The fraction of sp³-hybridized carbons (Fsp3) is 0.429. The topological polar surface area (TPSA) is 62.1 Å². The highest BCUT2D eigenvalue weighted by Gasteiger charge is 2.26. The molecule has 0 aliphatic carbocycles. The predicted molar refractivity (Wildman–Crippen MR) is 134 cm³/mol. The van der Waals surface area contributed by atoms with Crippen molar-refractivity contribution in [2.75, 3.05) is 45.9 Å². The van der Waals surface area contributed by atoms with Gasteiger partial charge < -0.3 is 14.1 Å². The van der Waals surface area contributed by atoms with Crippen molar-refractivity contribution in [3.05, 3.63) is 84.1 Å². The van der Waals surface area contributed by atoms with Crippen molar-refractivity contribution in [1.82, 2.24) is 19.7 Å². The van der Waals surface area contributed by atoms with Crippen LogP contribution in [0.3, 0.4) is 0 Å². The van der Waals surface area contributed by atoms with Gasteiger partial charge in [0.1, 0.15) is 5.75 Å². The Morgan fingerprint density at radius 3 is 2.40 bits per heavy atom. The number of rotatable bonds is 8. The van der Waals surface area contributed by atoms with Crippen LogP contribution in [-0.2, 0) is 13.1 Å². The molecule has 0 saturated carbocycles. The van der Waals surface area contributed by atoms with Crippen molar-refractivity contribution in [1.29, 1.82) is 0 Å². The van der Waals surface area contributed by atoms with Gasteiger partial charge in [0, 0.05) is 70.7 Å². The molecule has 2 aliphatic heterocycles. The van der Waals surface area contributed by atoms with E-state index in [2.05, 4.69) is 45.1 Å². The van der Waals surface area contributed by atoms with Gasteiger partial charge in [0.2, 0.25) is 0 Å². The lowest BCUT2D eigenvalue weighted by molar-refractivity contribution is 0.0602. The number of hydrogen-bond donors (Lipinski definition) is 0. The molecule has 1 unspecified atom stereocenters. The summed E-state index contributed by atoms with van der Waals surface area (Å²) in [5.74, 6) is 1.62. The second-order valence-corrected chi connectivity index (χ2v) is 9.61. The summed E-state index contributed by atoms with van der Waals surface area (Å²) in [6, 6.07) is 16.1. The van der Waals surface area contributed by atoms with Crippen molar-refractivity contribution in [3.63, 3.8) is 0 Å². The van der Waals surface area contributed by atoms with E-state index in [0.717, 1.165) is 64.4 Å². The van der Waals surface area contributed by atoms with Gasteiger partial charge >= 0.3 is 0 Å². The summed E-state index contributed by atoms with van der Waals surface area (Å²) >= 11 is 0. The molecule has 0 spiro atoms. The zero-order chi connectivity index (χ0) is 23.9. The smallest absolute Gasteiger partial charge is 0.289 e. The number of piperidine rings is 1. The third-order valence-electron chi connectivity index (χ3n) is 6.95. The van der Waals surface area contributed by atoms with Crippen LogP contribution in [0.25, 0.3) is 0 Å². The van der Waals surface area contributed by atoms with E-state index < -0.39 is 0 Å². The summed E-state index contributed by atoms with van der Waals surface area (Å²) in [6.45, 7) is 8.37. The van der Waals surface area contributed by atoms with Crippen LogP contribution in [0.15, 0.2) is 71.6 Å². The Bertz CT molecular complexity index is 1050. The van der Waals surface area contributed by atoms with Crippen molar-refractivity contribution in [2.24, 2.45) is 5.92 Å². The Kier molecular flexibility index (Phi) is 7.75. The number of aromatic nitrogens is 1. The average molecular weight is 475 g/mol. The highest BCUT2D eigenvalue weighted by molar-refractivity contribution is 5.91. The first-order valence-electron chi connectivity index (χ1n) is 12.6.